The van der Waals surface area contributed by atoms with E-state index in [0.717, 1.165) is 32.1 Å². The number of carboxylic acid groups (broad SMARTS) is 1. The van der Waals surface area contributed by atoms with E-state index in [1.165, 1.54) is 17.0 Å². The van der Waals surface area contributed by atoms with E-state index in [9.17, 15) is 38.7 Å². The Morgan fingerprint density at radius 2 is 1.63 bits per heavy atom. The highest BCUT2D eigenvalue weighted by molar-refractivity contribution is 6.38. The predicted octanol–water partition coefficient (Wildman–Crippen LogP) is 2.71. The van der Waals surface area contributed by atoms with Crippen molar-refractivity contribution in [2.45, 2.75) is 104 Å². The van der Waals surface area contributed by atoms with Crippen LogP contribution in [0.15, 0.2) is 30.3 Å². The van der Waals surface area contributed by atoms with Gasteiger partial charge in [-0.05, 0) is 53.9 Å². The molecule has 0 aromatic heterocycles. The summed E-state index contributed by atoms with van der Waals surface area (Å²) in [6.07, 6.45) is 4.31. The van der Waals surface area contributed by atoms with Crippen molar-refractivity contribution < 1.29 is 43.4 Å². The number of nitrogens with zero attached hydrogens (tertiary/aromatic N) is 1. The van der Waals surface area contributed by atoms with Crippen molar-refractivity contribution >= 4 is 41.5 Å². The Balaban J connectivity index is 1.44. The second kappa shape index (κ2) is 17.1. The van der Waals surface area contributed by atoms with Crippen LogP contribution in [0.5, 0.6) is 0 Å². The first kappa shape index (κ1) is 39.3. The number of hydrogen-bond acceptors (Lipinski definition) is 8. The zero-order chi connectivity index (χ0) is 37.5. The number of ketones is 1. The summed E-state index contributed by atoms with van der Waals surface area (Å²) in [6.45, 7) is 9.55. The molecule has 4 rings (SSSR count). The summed E-state index contributed by atoms with van der Waals surface area (Å²) in [5.41, 5.74) is 0.101. The first-order valence-corrected chi connectivity index (χ1v) is 18.1. The summed E-state index contributed by atoms with van der Waals surface area (Å²) in [5.74, 6) is -5.24. The predicted molar refractivity (Wildman–Crippen MR) is 186 cm³/mol. The maximum absolute atomic E-state index is 14.3. The summed E-state index contributed by atoms with van der Waals surface area (Å²) in [7, 11) is 0. The second-order valence-electron chi connectivity index (χ2n) is 15.0. The average Bonchev–Trinajstić information content (AvgIpc) is 3.40. The maximum atomic E-state index is 14.3. The third-order valence-electron chi connectivity index (χ3n) is 10.5. The number of carbonyl (C=O) groups is 7. The van der Waals surface area contributed by atoms with Crippen LogP contribution in [-0.4, -0.2) is 89.3 Å². The fourth-order valence-corrected chi connectivity index (χ4v) is 7.62. The van der Waals surface area contributed by atoms with Crippen molar-refractivity contribution in [2.75, 3.05) is 19.7 Å². The molecule has 1 aromatic rings. The number of rotatable bonds is 16. The highest BCUT2D eigenvalue weighted by Crippen LogP contribution is 2.65. The number of alkyl carbamates (subject to hydrolysis) is 1. The molecule has 2 aliphatic carbocycles. The molecule has 3 aliphatic rings. The fourth-order valence-electron chi connectivity index (χ4n) is 7.62. The van der Waals surface area contributed by atoms with E-state index in [1.807, 2.05) is 27.7 Å². The van der Waals surface area contributed by atoms with E-state index in [-0.39, 0.29) is 48.0 Å². The van der Waals surface area contributed by atoms with Gasteiger partial charge in [0.05, 0.1) is 19.2 Å². The molecule has 0 spiro atoms. The van der Waals surface area contributed by atoms with Crippen molar-refractivity contribution in [3.8, 4) is 0 Å². The van der Waals surface area contributed by atoms with Gasteiger partial charge >= 0.3 is 12.1 Å². The van der Waals surface area contributed by atoms with Crippen LogP contribution in [0.1, 0.15) is 91.2 Å². The Morgan fingerprint density at radius 1 is 0.961 bits per heavy atom. The van der Waals surface area contributed by atoms with Gasteiger partial charge in [0.15, 0.2) is 6.04 Å². The van der Waals surface area contributed by atoms with Crippen LogP contribution in [-0.2, 0) is 33.5 Å². The van der Waals surface area contributed by atoms with Crippen LogP contribution in [0.4, 0.5) is 4.79 Å². The molecule has 5 N–H and O–H groups in total. The minimum atomic E-state index is -1.36. The largest absolute Gasteiger partial charge is 0.479 e. The molecule has 51 heavy (non-hydrogen) atoms. The molecule has 14 nitrogen and oxygen atoms in total. The van der Waals surface area contributed by atoms with Gasteiger partial charge in [-0.2, -0.15) is 0 Å². The Bertz CT molecular complexity index is 1460. The summed E-state index contributed by atoms with van der Waals surface area (Å²) in [5, 5.41) is 19.7. The minimum absolute atomic E-state index is 0.0461. The van der Waals surface area contributed by atoms with Crippen molar-refractivity contribution in [1.29, 1.82) is 0 Å². The number of nitrogens with one attached hydrogen (secondary N) is 4. The van der Waals surface area contributed by atoms with E-state index >= 15 is 0 Å². The van der Waals surface area contributed by atoms with Crippen molar-refractivity contribution in [1.82, 2.24) is 26.2 Å². The number of piperidine rings is 1. The van der Waals surface area contributed by atoms with Gasteiger partial charge in [0.2, 0.25) is 23.5 Å². The van der Waals surface area contributed by atoms with Crippen molar-refractivity contribution in [2.24, 2.45) is 29.1 Å². The first-order valence-electron chi connectivity index (χ1n) is 18.1. The van der Waals surface area contributed by atoms with Crippen molar-refractivity contribution in [3.05, 3.63) is 35.9 Å². The van der Waals surface area contributed by atoms with Gasteiger partial charge in [0.25, 0.3) is 5.91 Å². The minimum Gasteiger partial charge on any atom is -0.479 e. The van der Waals surface area contributed by atoms with Crippen LogP contribution >= 0.6 is 0 Å². The molecule has 1 heterocycles. The van der Waals surface area contributed by atoms with Crippen LogP contribution in [0, 0.1) is 29.1 Å². The lowest BCUT2D eigenvalue weighted by Gasteiger charge is -2.37. The number of benzene rings is 1. The number of aliphatic carboxylic acids is 1. The molecular weight excluding hydrogens is 658 g/mol. The fraction of sp³-hybridized carbons (Fsp3) is 0.649. The topological polar surface area (TPSA) is 200 Å². The lowest BCUT2D eigenvalue weighted by Crippen LogP contribution is -2.59. The summed E-state index contributed by atoms with van der Waals surface area (Å²) in [6, 6.07) is 3.67. The Labute approximate surface area is 299 Å². The quantitative estimate of drug-likeness (QED) is 0.160. The number of Topliss-reactive ketones (excluding diaryl/α,β-unsaturated/α-hetero) is 1. The number of carboxylic acids is 1. The lowest BCUT2D eigenvalue weighted by molar-refractivity contribution is -0.145. The maximum Gasteiger partial charge on any atom is 0.407 e. The monoisotopic (exact) mass is 711 g/mol. The van der Waals surface area contributed by atoms with Crippen LogP contribution in [0.3, 0.4) is 0 Å². The number of carbonyl (C=O) groups excluding carboxylic acids is 6. The smallest absolute Gasteiger partial charge is 0.407 e. The van der Waals surface area contributed by atoms with Gasteiger partial charge in [0.1, 0.15) is 12.1 Å². The molecule has 0 bridgehead atoms. The van der Waals surface area contributed by atoms with Crippen LogP contribution in [0.2, 0.25) is 0 Å². The number of amides is 5. The van der Waals surface area contributed by atoms with Crippen LogP contribution in [0.25, 0.3) is 0 Å². The molecule has 280 valence electrons. The summed E-state index contributed by atoms with van der Waals surface area (Å²) >= 11 is 0. The molecule has 0 radical (unpaired) electrons. The van der Waals surface area contributed by atoms with Gasteiger partial charge in [-0.25, -0.2) is 9.59 Å². The van der Waals surface area contributed by atoms with Gasteiger partial charge < -0.3 is 36.0 Å². The zero-order valence-corrected chi connectivity index (χ0v) is 30.2. The van der Waals surface area contributed by atoms with Crippen LogP contribution < -0.4 is 21.3 Å². The SMILES string of the molecule is CCCC(NC(=O)C1[C@@H]2[C@H](CN1C(=O)[C@@H](NC(=O)OCC(C)C)C1CCCCC1)C2(C)C)C(=O)C(=O)NCC(=O)N[C@H](C(=O)O)c1ccccc1. The van der Waals surface area contributed by atoms with Crippen molar-refractivity contribution in [3.63, 3.8) is 0 Å². The third-order valence-corrected chi connectivity index (χ3v) is 10.5. The molecule has 2 unspecified atom stereocenters. The van der Waals surface area contributed by atoms with E-state index < -0.39 is 66.3 Å². The molecule has 3 fully saturated rings. The average molecular weight is 712 g/mol. The molecule has 14 heteroatoms. The molecule has 5 amide bonds. The van der Waals surface area contributed by atoms with Gasteiger partial charge in [-0.3, -0.25) is 24.0 Å². The zero-order valence-electron chi connectivity index (χ0n) is 30.2. The van der Waals surface area contributed by atoms with E-state index in [4.69, 9.17) is 4.74 Å². The number of likely N-dealkylation sites (tertiary alicyclic amines) is 1. The van der Waals surface area contributed by atoms with Gasteiger partial charge in [-0.15, -0.1) is 0 Å². The van der Waals surface area contributed by atoms with E-state index in [2.05, 4.69) is 21.3 Å². The molecule has 6 atom stereocenters. The molecule has 2 saturated carbocycles. The number of fused-ring (bicyclic) bond motifs is 1. The Hall–Kier alpha value is -4.49. The highest BCUT2D eigenvalue weighted by atomic mass is 16.5. The van der Waals surface area contributed by atoms with Gasteiger partial charge in [-0.1, -0.05) is 90.6 Å². The molecule has 1 saturated heterocycles. The standard InChI is InChI=1S/C37H53N5O9/c1-6-13-25(31(44)33(46)38-18-26(43)40-29(35(48)49)23-16-11-8-12-17-23)39-32(45)30-27-24(37(27,4)5)19-42(30)34(47)28(22-14-9-7-10-15-22)41-36(50)51-20-21(2)3/h8,11-12,16-17,21-22,24-25,27-30H,6-7,9-10,13-15,18-20H2,1-5H3,(H,38,46)(H,39,45)(H,40,43)(H,41,50)(H,48,49)/t24-,25?,27-,28-,29-,30?/m0/s1. The molecular formula is C37H53N5O9. The van der Waals surface area contributed by atoms with Gasteiger partial charge in [0, 0.05) is 6.54 Å². The second-order valence-corrected chi connectivity index (χ2v) is 15.0. The normalized spacial score (nSPS) is 22.5. The number of ether oxygens (including phenoxy) is 1. The highest BCUT2D eigenvalue weighted by Gasteiger charge is 2.69. The molecule has 1 aromatic carbocycles. The van der Waals surface area contributed by atoms with E-state index in [0.29, 0.717) is 18.5 Å². The van der Waals surface area contributed by atoms with E-state index in [1.54, 1.807) is 25.1 Å². The molecule has 1 aliphatic heterocycles. The first-order chi connectivity index (χ1) is 24.2. The Morgan fingerprint density at radius 3 is 2.24 bits per heavy atom. The lowest BCUT2D eigenvalue weighted by atomic mass is 9.83. The Kier molecular flexibility index (Phi) is 13.2. The third kappa shape index (κ3) is 9.65. The summed E-state index contributed by atoms with van der Waals surface area (Å²) < 4.78 is 5.36. The number of hydrogen-bond donors (Lipinski definition) is 5. The summed E-state index contributed by atoms with van der Waals surface area (Å²) in [4.78, 5) is 93.3.